The zero-order valence-corrected chi connectivity index (χ0v) is 19.0. The highest BCUT2D eigenvalue weighted by Gasteiger charge is 2.47. The molecule has 170 valence electrons. The Balaban J connectivity index is 2.01. The normalized spacial score (nSPS) is 15.8. The number of hydrogen-bond donors (Lipinski definition) is 1. The summed E-state index contributed by atoms with van der Waals surface area (Å²) in [5, 5.41) is 9.35. The van der Waals surface area contributed by atoms with Gasteiger partial charge in [0.2, 0.25) is 5.75 Å². The smallest absolute Gasteiger partial charge is 0.332 e. The van der Waals surface area contributed by atoms with E-state index in [-0.39, 0.29) is 23.7 Å². The number of anilines is 1. The number of methoxy groups -OCH3 is 3. The van der Waals surface area contributed by atoms with Gasteiger partial charge in [-0.2, -0.15) is 0 Å². The largest absolute Gasteiger partial charge is 0.493 e. The van der Waals surface area contributed by atoms with E-state index >= 15 is 0 Å². The highest BCUT2D eigenvalue weighted by atomic mass is 32.2. The number of carbonyl (C=O) groups excluding carboxylic acids is 2. The molecule has 0 spiro atoms. The van der Waals surface area contributed by atoms with Gasteiger partial charge in [0, 0.05) is 23.6 Å². The predicted octanol–water partition coefficient (Wildman–Crippen LogP) is 3.25. The van der Waals surface area contributed by atoms with E-state index in [1.165, 1.54) is 38.4 Å². The first-order valence-electron chi connectivity index (χ1n) is 9.63. The fraction of sp³-hybridized carbons (Fsp3) is 0.318. The number of aliphatic carboxylic acids is 1. The first-order chi connectivity index (χ1) is 15.3. The highest BCUT2D eigenvalue weighted by Crippen LogP contribution is 2.42. The van der Waals surface area contributed by atoms with Crippen molar-refractivity contribution in [3.8, 4) is 17.2 Å². The van der Waals surface area contributed by atoms with Gasteiger partial charge in [0.1, 0.15) is 6.04 Å². The zero-order chi connectivity index (χ0) is 23.4. The molecule has 1 aliphatic rings. The van der Waals surface area contributed by atoms with Crippen molar-refractivity contribution in [2.75, 3.05) is 32.5 Å². The van der Waals surface area contributed by atoms with E-state index in [1.54, 1.807) is 11.8 Å². The maximum absolute atomic E-state index is 13.3. The Morgan fingerprint density at radius 1 is 1.03 bits per heavy atom. The molecule has 3 rings (SSSR count). The molecule has 0 saturated carbocycles. The summed E-state index contributed by atoms with van der Waals surface area (Å²) >= 11 is 1.58. The van der Waals surface area contributed by atoms with Crippen molar-refractivity contribution in [3.05, 3.63) is 42.0 Å². The first-order valence-corrected chi connectivity index (χ1v) is 10.9. The number of nitrogens with zero attached hydrogens (tertiary/aromatic N) is 2. The van der Waals surface area contributed by atoms with E-state index in [0.717, 1.165) is 15.4 Å². The average molecular weight is 461 g/mol. The van der Waals surface area contributed by atoms with Gasteiger partial charge < -0.3 is 24.2 Å². The number of rotatable bonds is 9. The van der Waals surface area contributed by atoms with E-state index < -0.39 is 30.4 Å². The van der Waals surface area contributed by atoms with E-state index in [9.17, 15) is 19.5 Å². The zero-order valence-electron chi connectivity index (χ0n) is 18.2. The molecule has 1 heterocycles. The van der Waals surface area contributed by atoms with Gasteiger partial charge in [0.15, 0.2) is 11.5 Å². The minimum atomic E-state index is -1.18. The lowest BCUT2D eigenvalue weighted by atomic mass is 10.1. The Morgan fingerprint density at radius 2 is 1.62 bits per heavy atom. The summed E-state index contributed by atoms with van der Waals surface area (Å²) in [5.41, 5.74) is 0.983. The van der Waals surface area contributed by atoms with Gasteiger partial charge in [-0.3, -0.25) is 9.59 Å². The molecular formula is C22H24N2O7S. The SMILES string of the molecule is COc1cc(N2C(=O)[C@H](CC(=O)O)N(Cc3ccc(SC)cc3)C2=O)cc(OC)c1OC. The molecule has 0 unspecified atom stereocenters. The maximum Gasteiger partial charge on any atom is 0.332 e. The molecule has 1 aliphatic heterocycles. The van der Waals surface area contributed by atoms with Crippen LogP contribution in [0.25, 0.3) is 0 Å². The molecule has 9 nitrogen and oxygen atoms in total. The number of imide groups is 1. The number of carboxylic acid groups (broad SMARTS) is 1. The summed E-state index contributed by atoms with van der Waals surface area (Å²) in [6, 6.07) is 8.71. The molecule has 1 saturated heterocycles. The Labute approximate surface area is 189 Å². The van der Waals surface area contributed by atoms with E-state index in [2.05, 4.69) is 0 Å². The number of benzene rings is 2. The van der Waals surface area contributed by atoms with Crippen LogP contribution in [0.15, 0.2) is 41.3 Å². The summed E-state index contributed by atoms with van der Waals surface area (Å²) < 4.78 is 15.9. The summed E-state index contributed by atoms with van der Waals surface area (Å²) in [6.07, 6.45) is 1.45. The molecule has 1 fully saturated rings. The van der Waals surface area contributed by atoms with Crippen molar-refractivity contribution >= 4 is 35.4 Å². The quantitative estimate of drug-likeness (QED) is 0.449. The second-order valence-corrected chi connectivity index (χ2v) is 7.81. The molecule has 0 aliphatic carbocycles. The lowest BCUT2D eigenvalue weighted by Gasteiger charge is -2.21. The van der Waals surface area contributed by atoms with Crippen molar-refractivity contribution < 1.29 is 33.7 Å². The molecule has 2 aromatic rings. The van der Waals surface area contributed by atoms with Crippen molar-refractivity contribution in [2.45, 2.75) is 23.9 Å². The van der Waals surface area contributed by atoms with Crippen molar-refractivity contribution in [3.63, 3.8) is 0 Å². The van der Waals surface area contributed by atoms with Crippen molar-refractivity contribution in [2.24, 2.45) is 0 Å². The molecule has 10 heteroatoms. The van der Waals surface area contributed by atoms with Crippen LogP contribution in [0.2, 0.25) is 0 Å². The van der Waals surface area contributed by atoms with Crippen LogP contribution in [0, 0.1) is 0 Å². The summed E-state index contributed by atoms with van der Waals surface area (Å²) in [4.78, 5) is 41.2. The molecule has 2 aromatic carbocycles. The average Bonchev–Trinajstić information content (AvgIpc) is 3.01. The van der Waals surface area contributed by atoms with E-state index in [4.69, 9.17) is 14.2 Å². The van der Waals surface area contributed by atoms with Crippen LogP contribution < -0.4 is 19.1 Å². The topological polar surface area (TPSA) is 106 Å². The Morgan fingerprint density at radius 3 is 2.09 bits per heavy atom. The Bertz CT molecular complexity index is 1000. The van der Waals surface area contributed by atoms with Gasteiger partial charge in [-0.05, 0) is 24.0 Å². The van der Waals surface area contributed by atoms with Gasteiger partial charge in [-0.1, -0.05) is 12.1 Å². The second-order valence-electron chi connectivity index (χ2n) is 6.93. The minimum absolute atomic E-state index is 0.0953. The standard InChI is InChI=1S/C22H24N2O7S/c1-29-17-9-14(10-18(30-2)20(17)31-3)24-21(27)16(11-19(25)26)23(22(24)28)12-13-5-7-15(32-4)8-6-13/h5-10,16H,11-12H2,1-4H3,(H,25,26)/t16-/m0/s1. The molecular weight excluding hydrogens is 436 g/mol. The van der Waals surface area contributed by atoms with Gasteiger partial charge in [-0.15, -0.1) is 11.8 Å². The van der Waals surface area contributed by atoms with Gasteiger partial charge in [0.05, 0.1) is 33.4 Å². The summed E-state index contributed by atoms with van der Waals surface area (Å²) in [6.45, 7) is 0.0953. The van der Waals surface area contributed by atoms with Crippen LogP contribution in [0.1, 0.15) is 12.0 Å². The number of ether oxygens (including phenoxy) is 3. The molecule has 0 radical (unpaired) electrons. The minimum Gasteiger partial charge on any atom is -0.493 e. The number of amides is 3. The van der Waals surface area contributed by atoms with E-state index in [1.807, 2.05) is 30.5 Å². The van der Waals surface area contributed by atoms with Crippen molar-refractivity contribution in [1.82, 2.24) is 4.90 Å². The van der Waals surface area contributed by atoms with Crippen LogP contribution in [0.5, 0.6) is 17.2 Å². The fourth-order valence-corrected chi connectivity index (χ4v) is 3.95. The highest BCUT2D eigenvalue weighted by molar-refractivity contribution is 7.98. The van der Waals surface area contributed by atoms with Gasteiger partial charge in [0.25, 0.3) is 5.91 Å². The third kappa shape index (κ3) is 4.45. The van der Waals surface area contributed by atoms with Gasteiger partial charge in [-0.25, -0.2) is 9.69 Å². The van der Waals surface area contributed by atoms with Crippen molar-refractivity contribution in [1.29, 1.82) is 0 Å². The number of urea groups is 1. The third-order valence-corrected chi connectivity index (χ3v) is 5.85. The fourth-order valence-electron chi connectivity index (χ4n) is 3.54. The Kier molecular flexibility index (Phi) is 7.14. The molecule has 1 N–H and O–H groups in total. The molecule has 0 aromatic heterocycles. The van der Waals surface area contributed by atoms with Crippen LogP contribution in [0.4, 0.5) is 10.5 Å². The number of hydrogen-bond acceptors (Lipinski definition) is 7. The lowest BCUT2D eigenvalue weighted by molar-refractivity contribution is -0.140. The monoisotopic (exact) mass is 460 g/mol. The van der Waals surface area contributed by atoms with E-state index in [0.29, 0.717) is 5.75 Å². The molecule has 0 bridgehead atoms. The summed E-state index contributed by atoms with van der Waals surface area (Å²) in [5.74, 6) is -0.963. The number of thioether (sulfide) groups is 1. The molecule has 1 atom stereocenters. The summed E-state index contributed by atoms with van der Waals surface area (Å²) in [7, 11) is 4.29. The number of carboxylic acids is 1. The maximum atomic E-state index is 13.3. The second kappa shape index (κ2) is 9.82. The molecule has 3 amide bonds. The first kappa shape index (κ1) is 23.3. The van der Waals surface area contributed by atoms with Gasteiger partial charge >= 0.3 is 12.0 Å². The Hall–Kier alpha value is -3.40. The van der Waals surface area contributed by atoms with Crippen LogP contribution in [-0.4, -0.2) is 61.5 Å². The van der Waals surface area contributed by atoms with Crippen LogP contribution >= 0.6 is 11.8 Å². The lowest BCUT2D eigenvalue weighted by Crippen LogP contribution is -2.36. The third-order valence-electron chi connectivity index (χ3n) is 5.11. The predicted molar refractivity (Wildman–Crippen MR) is 119 cm³/mol. The van der Waals surface area contributed by atoms with Crippen LogP contribution in [-0.2, 0) is 16.1 Å². The molecule has 32 heavy (non-hydrogen) atoms. The number of carbonyl (C=O) groups is 3. The van der Waals surface area contributed by atoms with Crippen LogP contribution in [0.3, 0.4) is 0 Å².